The first-order valence-corrected chi connectivity index (χ1v) is 18.2. The van der Waals surface area contributed by atoms with Crippen LogP contribution in [0.15, 0.2) is 12.2 Å². The molecular formula is C39H65NO5. The molecule has 0 aromatic rings. The number of rotatable bonds is 10. The Labute approximate surface area is 274 Å². The van der Waals surface area contributed by atoms with Gasteiger partial charge in [0.2, 0.25) is 0 Å². The fourth-order valence-corrected chi connectivity index (χ4v) is 13.0. The molecule has 5 aliphatic rings. The number of allylic oxidation sites excluding steroid dienone is 1. The van der Waals surface area contributed by atoms with Gasteiger partial charge in [-0.2, -0.15) is 0 Å². The predicted octanol–water partition coefficient (Wildman–Crippen LogP) is 8.64. The largest absolute Gasteiger partial charge is 0.481 e. The van der Waals surface area contributed by atoms with Crippen LogP contribution < -0.4 is 5.32 Å². The Morgan fingerprint density at radius 3 is 2.27 bits per heavy atom. The SMILES string of the molecule is C=C(C)[C@@H]1CC[C@]2(CCNCOC)CC[C@]3(C)[C@H](CC[C@@H]4[C@@]5(C)CC[C@H](OC(=O)CC(C)(C)C(=O)O)C(C)(C)[C@@H]5CC[C@]43C)[C@@H]12. The maximum absolute atomic E-state index is 13.0. The third kappa shape index (κ3) is 5.44. The average Bonchev–Trinajstić information content (AvgIpc) is 3.33. The summed E-state index contributed by atoms with van der Waals surface area (Å²) in [5, 5.41) is 13.1. The van der Waals surface area contributed by atoms with Crippen LogP contribution in [-0.2, 0) is 19.1 Å². The summed E-state index contributed by atoms with van der Waals surface area (Å²) >= 11 is 0. The summed E-state index contributed by atoms with van der Waals surface area (Å²) in [5.41, 5.74) is 1.35. The Kier molecular flexibility index (Phi) is 9.26. The summed E-state index contributed by atoms with van der Waals surface area (Å²) < 4.78 is 11.5. The Bertz CT molecular complexity index is 1160. The topological polar surface area (TPSA) is 84.9 Å². The molecular weight excluding hydrogens is 562 g/mol. The molecule has 5 aliphatic carbocycles. The zero-order chi connectivity index (χ0) is 33.2. The molecule has 6 heteroatoms. The first kappa shape index (κ1) is 34.9. The minimum absolute atomic E-state index is 0.0897. The van der Waals surface area contributed by atoms with Crippen molar-refractivity contribution >= 4 is 11.9 Å². The highest BCUT2D eigenvalue weighted by atomic mass is 16.5. The lowest BCUT2D eigenvalue weighted by Crippen LogP contribution is -2.66. The van der Waals surface area contributed by atoms with Crippen LogP contribution in [0.5, 0.6) is 0 Å². The summed E-state index contributed by atoms with van der Waals surface area (Å²) in [4.78, 5) is 24.7. The van der Waals surface area contributed by atoms with Crippen LogP contribution in [0.25, 0.3) is 0 Å². The van der Waals surface area contributed by atoms with E-state index in [4.69, 9.17) is 9.47 Å². The second-order valence-corrected chi connectivity index (χ2v) is 18.4. The second-order valence-electron chi connectivity index (χ2n) is 18.4. The maximum atomic E-state index is 13.0. The van der Waals surface area contributed by atoms with E-state index in [9.17, 15) is 14.7 Å². The van der Waals surface area contributed by atoms with Crippen molar-refractivity contribution in [1.82, 2.24) is 5.32 Å². The molecule has 0 saturated heterocycles. The Morgan fingerprint density at radius 1 is 0.911 bits per heavy atom. The summed E-state index contributed by atoms with van der Waals surface area (Å²) in [6.45, 7) is 24.4. The number of aliphatic carboxylic acids is 1. The van der Waals surface area contributed by atoms with E-state index in [2.05, 4.69) is 53.4 Å². The van der Waals surface area contributed by atoms with Gasteiger partial charge in [-0.3, -0.25) is 14.9 Å². The molecule has 5 fully saturated rings. The fourth-order valence-electron chi connectivity index (χ4n) is 13.0. The molecule has 2 N–H and O–H groups in total. The number of carboxylic acid groups (broad SMARTS) is 1. The van der Waals surface area contributed by atoms with Crippen LogP contribution >= 0.6 is 0 Å². The summed E-state index contributed by atoms with van der Waals surface area (Å²) in [7, 11) is 1.77. The van der Waals surface area contributed by atoms with Crippen molar-refractivity contribution < 1.29 is 24.2 Å². The number of carbonyl (C=O) groups excluding carboxylic acids is 1. The zero-order valence-electron chi connectivity index (χ0n) is 30.2. The third-order valence-corrected chi connectivity index (χ3v) is 15.7. The molecule has 10 atom stereocenters. The van der Waals surface area contributed by atoms with Gasteiger partial charge in [-0.15, -0.1) is 0 Å². The summed E-state index contributed by atoms with van der Waals surface area (Å²) in [6, 6.07) is 0. The average molecular weight is 628 g/mol. The quantitative estimate of drug-likeness (QED) is 0.109. The minimum Gasteiger partial charge on any atom is -0.481 e. The van der Waals surface area contributed by atoms with Gasteiger partial charge in [0, 0.05) is 12.5 Å². The van der Waals surface area contributed by atoms with Crippen molar-refractivity contribution in [2.45, 2.75) is 139 Å². The highest BCUT2D eigenvalue weighted by Crippen LogP contribution is 2.78. The number of nitrogens with one attached hydrogen (secondary N) is 1. The van der Waals surface area contributed by atoms with Gasteiger partial charge in [-0.1, -0.05) is 46.8 Å². The van der Waals surface area contributed by atoms with Crippen molar-refractivity contribution in [3.05, 3.63) is 12.2 Å². The van der Waals surface area contributed by atoms with E-state index in [-0.39, 0.29) is 34.7 Å². The van der Waals surface area contributed by atoms with Gasteiger partial charge in [0.15, 0.2) is 0 Å². The van der Waals surface area contributed by atoms with Crippen molar-refractivity contribution in [2.24, 2.45) is 62.1 Å². The van der Waals surface area contributed by atoms with Crippen LogP contribution in [0.3, 0.4) is 0 Å². The van der Waals surface area contributed by atoms with Gasteiger partial charge >= 0.3 is 11.9 Å². The smallest absolute Gasteiger partial charge is 0.309 e. The van der Waals surface area contributed by atoms with Crippen molar-refractivity contribution in [2.75, 3.05) is 20.4 Å². The molecule has 0 unspecified atom stereocenters. The van der Waals surface area contributed by atoms with E-state index in [1.165, 1.54) is 63.4 Å². The molecule has 0 aromatic carbocycles. The molecule has 0 aliphatic heterocycles. The molecule has 0 radical (unpaired) electrons. The molecule has 0 spiro atoms. The molecule has 0 aromatic heterocycles. The van der Waals surface area contributed by atoms with Gasteiger partial charge in [-0.05, 0) is 149 Å². The molecule has 6 nitrogen and oxygen atoms in total. The summed E-state index contributed by atoms with van der Waals surface area (Å²) in [5.74, 6) is 1.91. The van der Waals surface area contributed by atoms with Crippen LogP contribution in [0.4, 0.5) is 0 Å². The first-order valence-electron chi connectivity index (χ1n) is 18.2. The lowest BCUT2D eigenvalue weighted by Gasteiger charge is -2.73. The van der Waals surface area contributed by atoms with E-state index in [1.54, 1.807) is 21.0 Å². The van der Waals surface area contributed by atoms with Crippen LogP contribution in [-0.4, -0.2) is 43.5 Å². The lowest BCUT2D eigenvalue weighted by atomic mass is 9.32. The maximum Gasteiger partial charge on any atom is 0.309 e. The number of ether oxygens (including phenoxy) is 2. The first-order chi connectivity index (χ1) is 20.9. The molecule has 0 bridgehead atoms. The number of carbonyl (C=O) groups is 2. The highest BCUT2D eigenvalue weighted by molar-refractivity contribution is 5.81. The van der Waals surface area contributed by atoms with E-state index in [1.807, 2.05) is 0 Å². The van der Waals surface area contributed by atoms with E-state index < -0.39 is 11.4 Å². The number of methoxy groups -OCH3 is 1. The van der Waals surface area contributed by atoms with Crippen molar-refractivity contribution in [3.8, 4) is 0 Å². The lowest BCUT2D eigenvalue weighted by molar-refractivity contribution is -0.250. The number of carboxylic acids is 1. The molecule has 256 valence electrons. The highest BCUT2D eigenvalue weighted by Gasteiger charge is 2.71. The van der Waals surface area contributed by atoms with Crippen molar-refractivity contribution in [3.63, 3.8) is 0 Å². The molecule has 0 heterocycles. The van der Waals surface area contributed by atoms with Gasteiger partial charge in [0.05, 0.1) is 18.6 Å². The molecule has 5 saturated carbocycles. The van der Waals surface area contributed by atoms with Gasteiger partial charge in [0.25, 0.3) is 0 Å². The molecule has 45 heavy (non-hydrogen) atoms. The van der Waals surface area contributed by atoms with Crippen LogP contribution in [0.2, 0.25) is 0 Å². The van der Waals surface area contributed by atoms with E-state index in [0.29, 0.717) is 35.3 Å². The predicted molar refractivity (Wildman–Crippen MR) is 179 cm³/mol. The van der Waals surface area contributed by atoms with Crippen LogP contribution in [0.1, 0.15) is 132 Å². The van der Waals surface area contributed by atoms with Gasteiger partial charge in [-0.25, -0.2) is 0 Å². The monoisotopic (exact) mass is 627 g/mol. The van der Waals surface area contributed by atoms with E-state index in [0.717, 1.165) is 31.2 Å². The summed E-state index contributed by atoms with van der Waals surface area (Å²) in [6.07, 6.45) is 13.3. The Hall–Kier alpha value is -1.40. The number of hydrogen-bond donors (Lipinski definition) is 2. The Balaban J connectivity index is 1.39. The van der Waals surface area contributed by atoms with Crippen molar-refractivity contribution in [1.29, 1.82) is 0 Å². The van der Waals surface area contributed by atoms with Gasteiger partial charge in [0.1, 0.15) is 6.10 Å². The second kappa shape index (κ2) is 11.9. The molecule has 5 rings (SSSR count). The number of esters is 1. The fraction of sp³-hybridized carbons (Fsp3) is 0.897. The number of hydrogen-bond acceptors (Lipinski definition) is 5. The standard InChI is InChI=1S/C39H65NO5/c1-25(2)26-13-18-39(21-22-40-24-44-10)20-19-37(8)27(32(26)39)11-12-29-36(7)16-15-30(45-31(41)23-34(3,4)33(42)43)35(5,6)28(36)14-17-38(29,37)9/h26-30,32,40H,1,11-24H2,2-10H3,(H,42,43)/t26-,27+,28-,29+,30-,32+,36-,37+,38+,39+/m0/s1. The zero-order valence-corrected chi connectivity index (χ0v) is 30.2. The number of fused-ring (bicyclic) bond motifs is 7. The Morgan fingerprint density at radius 2 is 1.62 bits per heavy atom. The van der Waals surface area contributed by atoms with E-state index >= 15 is 0 Å². The van der Waals surface area contributed by atoms with Crippen LogP contribution in [0, 0.1) is 62.1 Å². The minimum atomic E-state index is -1.12. The third-order valence-electron chi connectivity index (χ3n) is 15.7. The van der Waals surface area contributed by atoms with Gasteiger partial charge < -0.3 is 14.6 Å². The normalized spacial score (nSPS) is 43.8. The molecule has 0 amide bonds.